The predicted octanol–water partition coefficient (Wildman–Crippen LogP) is 4.28. The minimum absolute atomic E-state index is 0. The first-order valence-electron chi connectivity index (χ1n) is 7.02. The van der Waals surface area contributed by atoms with E-state index in [4.69, 9.17) is 10.5 Å². The maximum absolute atomic E-state index is 13.4. The molecule has 0 aliphatic rings. The highest BCUT2D eigenvalue weighted by Crippen LogP contribution is 2.29. The molecule has 0 bridgehead atoms. The molecule has 2 rings (SSSR count). The van der Waals surface area contributed by atoms with Gasteiger partial charge in [0, 0.05) is 6.07 Å². The highest BCUT2D eigenvalue weighted by atomic mass is 127. The number of methoxy groups -OCH3 is 1. The first-order valence-corrected chi connectivity index (χ1v) is 7.02. The summed E-state index contributed by atoms with van der Waals surface area (Å²) in [6.07, 6.45) is -4.83. The van der Waals surface area contributed by atoms with Crippen molar-refractivity contribution in [1.29, 1.82) is 0 Å². The number of hydrogen-bond donors (Lipinski definition) is 2. The molecule has 3 N–H and O–H groups in total. The fraction of sp³-hybridized carbons (Fsp3) is 0.188. The van der Waals surface area contributed by atoms with Crippen LogP contribution in [-0.2, 0) is 6.54 Å². The minimum Gasteiger partial charge on any atom is -0.497 e. The molecule has 0 saturated carbocycles. The van der Waals surface area contributed by atoms with Crippen LogP contribution in [0, 0.1) is 5.82 Å². The number of ether oxygens (including phenoxy) is 2. The lowest BCUT2D eigenvalue weighted by Crippen LogP contribution is -2.24. The summed E-state index contributed by atoms with van der Waals surface area (Å²) in [4.78, 5) is 3.97. The van der Waals surface area contributed by atoms with Crippen molar-refractivity contribution in [2.45, 2.75) is 12.9 Å². The summed E-state index contributed by atoms with van der Waals surface area (Å²) < 4.78 is 59.4. The molecule has 5 nitrogen and oxygen atoms in total. The van der Waals surface area contributed by atoms with Gasteiger partial charge < -0.3 is 20.5 Å². The number of nitrogens with one attached hydrogen (secondary N) is 1. The summed E-state index contributed by atoms with van der Waals surface area (Å²) in [6.45, 7) is 0.00917. The second kappa shape index (κ2) is 9.46. The van der Waals surface area contributed by atoms with E-state index < -0.39 is 17.9 Å². The smallest absolute Gasteiger partial charge is 0.497 e. The fourth-order valence-electron chi connectivity index (χ4n) is 1.97. The van der Waals surface area contributed by atoms with Gasteiger partial charge in [0.1, 0.15) is 11.6 Å². The number of anilines is 1. The zero-order chi connectivity index (χ0) is 18.4. The summed E-state index contributed by atoms with van der Waals surface area (Å²) in [5.74, 6) is -0.775. The van der Waals surface area contributed by atoms with E-state index >= 15 is 0 Å². The van der Waals surface area contributed by atoms with Crippen LogP contribution in [0.15, 0.2) is 47.5 Å². The van der Waals surface area contributed by atoms with Crippen molar-refractivity contribution in [3.8, 4) is 11.5 Å². The number of rotatable bonds is 5. The first-order chi connectivity index (χ1) is 11.8. The Bertz CT molecular complexity index is 769. The Kier molecular flexibility index (Phi) is 7.93. The molecular formula is C16H16F4IN3O2. The van der Waals surface area contributed by atoms with Gasteiger partial charge in [-0.3, -0.25) is 0 Å². The maximum atomic E-state index is 13.4. The van der Waals surface area contributed by atoms with Crippen LogP contribution >= 0.6 is 24.0 Å². The lowest BCUT2D eigenvalue weighted by Gasteiger charge is -2.14. The molecule has 0 unspecified atom stereocenters. The van der Waals surface area contributed by atoms with Gasteiger partial charge in [-0.15, -0.1) is 37.1 Å². The number of nitrogens with two attached hydrogens (primary N) is 1. The number of halogens is 5. The molecule has 0 spiro atoms. The van der Waals surface area contributed by atoms with Gasteiger partial charge in [0.15, 0.2) is 11.7 Å². The van der Waals surface area contributed by atoms with E-state index in [1.807, 2.05) is 0 Å². The number of para-hydroxylation sites is 2. The minimum atomic E-state index is -4.83. The third kappa shape index (κ3) is 6.94. The molecule has 0 heterocycles. The third-order valence-corrected chi connectivity index (χ3v) is 2.97. The molecule has 142 valence electrons. The Morgan fingerprint density at radius 1 is 1.19 bits per heavy atom. The highest BCUT2D eigenvalue weighted by molar-refractivity contribution is 14.0. The van der Waals surface area contributed by atoms with Crippen molar-refractivity contribution in [3.63, 3.8) is 0 Å². The highest BCUT2D eigenvalue weighted by Gasteiger charge is 2.32. The number of guanidine groups is 1. The van der Waals surface area contributed by atoms with Crippen LogP contribution in [0.1, 0.15) is 5.56 Å². The zero-order valence-electron chi connectivity index (χ0n) is 13.5. The molecule has 0 aliphatic carbocycles. The topological polar surface area (TPSA) is 68.9 Å². The van der Waals surface area contributed by atoms with Crippen molar-refractivity contribution >= 4 is 35.6 Å². The van der Waals surface area contributed by atoms with E-state index in [-0.39, 0.29) is 42.2 Å². The molecular weight excluding hydrogens is 469 g/mol. The van der Waals surface area contributed by atoms with Gasteiger partial charge in [-0.25, -0.2) is 9.38 Å². The summed E-state index contributed by atoms with van der Waals surface area (Å²) in [6, 6.07) is 9.42. The Morgan fingerprint density at radius 2 is 1.88 bits per heavy atom. The third-order valence-electron chi connectivity index (χ3n) is 2.97. The van der Waals surface area contributed by atoms with Gasteiger partial charge in [-0.05, 0) is 29.8 Å². The van der Waals surface area contributed by atoms with Gasteiger partial charge in [0.25, 0.3) is 0 Å². The van der Waals surface area contributed by atoms with E-state index in [1.165, 1.54) is 37.4 Å². The van der Waals surface area contributed by atoms with E-state index in [2.05, 4.69) is 15.0 Å². The van der Waals surface area contributed by atoms with Crippen molar-refractivity contribution in [2.24, 2.45) is 10.7 Å². The molecule has 2 aromatic rings. The predicted molar refractivity (Wildman–Crippen MR) is 100 cm³/mol. The number of aliphatic imine (C=N–C) groups is 1. The van der Waals surface area contributed by atoms with Crippen molar-refractivity contribution in [3.05, 3.63) is 53.8 Å². The average Bonchev–Trinajstić information content (AvgIpc) is 2.53. The molecule has 0 radical (unpaired) electrons. The van der Waals surface area contributed by atoms with Crippen LogP contribution in [0.25, 0.3) is 0 Å². The molecule has 0 atom stereocenters. The number of nitrogens with zero attached hydrogens (tertiary/aromatic N) is 1. The molecule has 26 heavy (non-hydrogen) atoms. The van der Waals surface area contributed by atoms with Gasteiger partial charge in [0.05, 0.1) is 19.3 Å². The molecule has 0 amide bonds. The molecule has 0 fully saturated rings. The lowest BCUT2D eigenvalue weighted by atomic mass is 10.2. The molecule has 0 aromatic heterocycles. The van der Waals surface area contributed by atoms with Crippen molar-refractivity contribution in [1.82, 2.24) is 0 Å². The zero-order valence-corrected chi connectivity index (χ0v) is 15.8. The van der Waals surface area contributed by atoms with Crippen molar-refractivity contribution in [2.75, 3.05) is 12.4 Å². The normalized spacial score (nSPS) is 11.5. The quantitative estimate of drug-likeness (QED) is 0.287. The number of alkyl halides is 3. The van der Waals surface area contributed by atoms with Gasteiger partial charge >= 0.3 is 6.36 Å². The Labute approximate surface area is 164 Å². The van der Waals surface area contributed by atoms with E-state index in [1.54, 1.807) is 6.07 Å². The Hall–Kier alpha value is -2.24. The molecule has 10 heteroatoms. The van der Waals surface area contributed by atoms with Crippen LogP contribution in [0.4, 0.5) is 23.2 Å². The second-order valence-corrected chi connectivity index (χ2v) is 4.87. The standard InChI is InChI=1S/C16H15F4N3O2.HI/c1-24-12-7-10(6-11(17)8-12)9-22-15(21)23-13-4-2-3-5-14(13)25-16(18,19)20;/h2-8H,9H2,1H3,(H3,21,22,23);1H. The van der Waals surface area contributed by atoms with Crippen LogP contribution in [0.2, 0.25) is 0 Å². The van der Waals surface area contributed by atoms with E-state index in [0.717, 1.165) is 6.07 Å². The molecule has 0 saturated heterocycles. The first kappa shape index (κ1) is 21.8. The SMILES string of the molecule is COc1cc(F)cc(CN=C(N)Nc2ccccc2OC(F)(F)F)c1.I. The van der Waals surface area contributed by atoms with Gasteiger partial charge in [-0.2, -0.15) is 0 Å². The van der Waals surface area contributed by atoms with E-state index in [9.17, 15) is 17.6 Å². The fourth-order valence-corrected chi connectivity index (χ4v) is 1.97. The van der Waals surface area contributed by atoms with Crippen LogP contribution in [0.3, 0.4) is 0 Å². The molecule has 0 aliphatic heterocycles. The average molecular weight is 485 g/mol. The van der Waals surface area contributed by atoms with Crippen LogP contribution in [-0.4, -0.2) is 19.4 Å². The van der Waals surface area contributed by atoms with Crippen LogP contribution in [0.5, 0.6) is 11.5 Å². The largest absolute Gasteiger partial charge is 0.573 e. The molecule has 2 aromatic carbocycles. The summed E-state index contributed by atoms with van der Waals surface area (Å²) >= 11 is 0. The van der Waals surface area contributed by atoms with E-state index in [0.29, 0.717) is 11.3 Å². The van der Waals surface area contributed by atoms with Crippen LogP contribution < -0.4 is 20.5 Å². The number of benzene rings is 2. The maximum Gasteiger partial charge on any atom is 0.573 e. The summed E-state index contributed by atoms with van der Waals surface area (Å²) in [5, 5.41) is 2.52. The lowest BCUT2D eigenvalue weighted by molar-refractivity contribution is -0.274. The van der Waals surface area contributed by atoms with Gasteiger partial charge in [-0.1, -0.05) is 12.1 Å². The number of hydrogen-bond acceptors (Lipinski definition) is 3. The summed E-state index contributed by atoms with van der Waals surface area (Å²) in [5.41, 5.74) is 6.16. The Morgan fingerprint density at radius 3 is 2.54 bits per heavy atom. The second-order valence-electron chi connectivity index (χ2n) is 4.87. The van der Waals surface area contributed by atoms with Gasteiger partial charge in [0.2, 0.25) is 0 Å². The Balaban J connectivity index is 0.00000338. The van der Waals surface area contributed by atoms with Crippen molar-refractivity contribution < 1.29 is 27.0 Å². The summed E-state index contributed by atoms with van der Waals surface area (Å²) in [7, 11) is 1.40. The monoisotopic (exact) mass is 485 g/mol.